The number of benzene rings is 1. The molecule has 2 aromatic rings. The summed E-state index contributed by atoms with van der Waals surface area (Å²) in [6.45, 7) is 1.71. The Kier molecular flexibility index (Phi) is 6.28. The number of amides is 2. The Labute approximate surface area is 169 Å². The largest absolute Gasteiger partial charge is 0.466 e. The van der Waals surface area contributed by atoms with Crippen molar-refractivity contribution in [2.24, 2.45) is 5.92 Å². The second-order valence-electron chi connectivity index (χ2n) is 6.61. The van der Waals surface area contributed by atoms with E-state index in [0.29, 0.717) is 6.07 Å². The summed E-state index contributed by atoms with van der Waals surface area (Å²) in [4.78, 5) is 40.9. The van der Waals surface area contributed by atoms with Gasteiger partial charge in [-0.3, -0.25) is 9.59 Å². The van der Waals surface area contributed by atoms with E-state index in [9.17, 15) is 28.3 Å². The molecule has 30 heavy (non-hydrogen) atoms. The Morgan fingerprint density at radius 1 is 1.37 bits per heavy atom. The highest BCUT2D eigenvalue weighted by Gasteiger charge is 2.38. The molecule has 160 valence electrons. The molecule has 1 aliphatic heterocycles. The molecule has 2 atom stereocenters. The minimum atomic E-state index is -1.17. The molecule has 0 unspecified atom stereocenters. The summed E-state index contributed by atoms with van der Waals surface area (Å²) in [7, 11) is 0. The van der Waals surface area contributed by atoms with Crippen LogP contribution in [-0.4, -0.2) is 58.7 Å². The maximum Gasteiger partial charge on any atom is 0.407 e. The number of piperidine rings is 1. The number of carbonyl (C=O) groups excluding carboxylic acids is 2. The molecule has 2 heterocycles. The van der Waals surface area contributed by atoms with E-state index in [1.165, 1.54) is 0 Å². The van der Waals surface area contributed by atoms with Crippen molar-refractivity contribution in [2.45, 2.75) is 19.4 Å². The van der Waals surface area contributed by atoms with Crippen LogP contribution in [0.2, 0.25) is 0 Å². The molecule has 0 spiro atoms. The summed E-state index contributed by atoms with van der Waals surface area (Å²) in [5.41, 5.74) is -0.0675. The lowest BCUT2D eigenvalue weighted by atomic mass is 9.92. The minimum absolute atomic E-state index is 0.0675. The summed E-state index contributed by atoms with van der Waals surface area (Å²) >= 11 is 0. The summed E-state index contributed by atoms with van der Waals surface area (Å²) in [6, 6.07) is 2.18. The predicted molar refractivity (Wildman–Crippen MR) is 97.4 cm³/mol. The van der Waals surface area contributed by atoms with Gasteiger partial charge in [-0.25, -0.2) is 18.6 Å². The van der Waals surface area contributed by atoms with Crippen LogP contribution in [0.1, 0.15) is 24.0 Å². The molecular weight excluding hydrogens is 404 g/mol. The van der Waals surface area contributed by atoms with Crippen LogP contribution in [0.25, 0.3) is 11.3 Å². The summed E-state index contributed by atoms with van der Waals surface area (Å²) in [6.07, 6.45) is 0.135. The van der Waals surface area contributed by atoms with Crippen molar-refractivity contribution in [2.75, 3.05) is 19.7 Å². The average molecular weight is 423 g/mol. The van der Waals surface area contributed by atoms with Gasteiger partial charge in [0.15, 0.2) is 5.76 Å². The molecule has 1 saturated heterocycles. The van der Waals surface area contributed by atoms with Crippen LogP contribution < -0.4 is 5.32 Å². The van der Waals surface area contributed by atoms with Gasteiger partial charge in [0.25, 0.3) is 5.89 Å². The maximum absolute atomic E-state index is 13.9. The van der Waals surface area contributed by atoms with Gasteiger partial charge >= 0.3 is 18.0 Å². The standard InChI is InChI=1S/C19H19F2N3O6/c1-2-29-18(26)12-9-24(19(27)28)6-5-14(12)23-16(25)17-22-8-15(30-17)11-4-3-10(20)7-13(11)21/h3-4,7-8,12,14H,2,5-6,9H2,1H3,(H,23,25)(H,27,28)/t12-,14+/m1/s1. The molecule has 2 amide bonds. The third-order valence-electron chi connectivity index (χ3n) is 4.69. The Bertz CT molecular complexity index is 963. The number of rotatable bonds is 5. The number of ether oxygens (including phenoxy) is 1. The SMILES string of the molecule is CCOC(=O)[C@@H]1CN(C(=O)O)CC[C@@H]1NC(=O)c1ncc(-c2ccc(F)cc2F)o1. The predicted octanol–water partition coefficient (Wildman–Crippen LogP) is 2.28. The first-order valence-electron chi connectivity index (χ1n) is 9.16. The number of esters is 1. The van der Waals surface area contributed by atoms with Crippen LogP contribution in [-0.2, 0) is 9.53 Å². The normalized spacial score (nSPS) is 18.7. The van der Waals surface area contributed by atoms with Crippen molar-refractivity contribution in [3.63, 3.8) is 0 Å². The van der Waals surface area contributed by atoms with E-state index in [1.54, 1.807) is 6.92 Å². The first-order valence-corrected chi connectivity index (χ1v) is 9.16. The van der Waals surface area contributed by atoms with Crippen molar-refractivity contribution in [3.05, 3.63) is 41.9 Å². The third kappa shape index (κ3) is 4.56. The molecule has 0 saturated carbocycles. The summed E-state index contributed by atoms with van der Waals surface area (Å²) < 4.78 is 37.2. The van der Waals surface area contributed by atoms with Gasteiger partial charge in [-0.2, -0.15) is 0 Å². The van der Waals surface area contributed by atoms with E-state index in [4.69, 9.17) is 9.15 Å². The molecule has 1 aromatic heterocycles. The lowest BCUT2D eigenvalue weighted by Gasteiger charge is -2.35. The number of hydrogen-bond donors (Lipinski definition) is 2. The number of halogens is 2. The first-order chi connectivity index (χ1) is 14.3. The monoisotopic (exact) mass is 423 g/mol. The quantitative estimate of drug-likeness (QED) is 0.708. The number of nitrogens with zero attached hydrogens (tertiary/aromatic N) is 2. The van der Waals surface area contributed by atoms with E-state index < -0.39 is 41.6 Å². The highest BCUT2D eigenvalue weighted by Crippen LogP contribution is 2.25. The smallest absolute Gasteiger partial charge is 0.407 e. The van der Waals surface area contributed by atoms with Crippen LogP contribution in [0.5, 0.6) is 0 Å². The van der Waals surface area contributed by atoms with Crippen LogP contribution in [0.3, 0.4) is 0 Å². The highest BCUT2D eigenvalue weighted by atomic mass is 19.1. The molecular formula is C19H19F2N3O6. The van der Waals surface area contributed by atoms with Crippen molar-refractivity contribution in [1.82, 2.24) is 15.2 Å². The van der Waals surface area contributed by atoms with Crippen molar-refractivity contribution >= 4 is 18.0 Å². The number of carboxylic acid groups (broad SMARTS) is 1. The maximum atomic E-state index is 13.9. The van der Waals surface area contributed by atoms with Gasteiger partial charge < -0.3 is 24.5 Å². The number of nitrogens with one attached hydrogen (secondary N) is 1. The number of oxazole rings is 1. The molecule has 0 radical (unpaired) electrons. The van der Waals surface area contributed by atoms with Crippen molar-refractivity contribution in [1.29, 1.82) is 0 Å². The second kappa shape index (κ2) is 8.89. The van der Waals surface area contributed by atoms with Crippen LogP contribution in [0.4, 0.5) is 13.6 Å². The molecule has 1 fully saturated rings. The number of carbonyl (C=O) groups is 3. The van der Waals surface area contributed by atoms with E-state index in [-0.39, 0.29) is 43.3 Å². The second-order valence-corrected chi connectivity index (χ2v) is 6.61. The zero-order chi connectivity index (χ0) is 21.8. The van der Waals surface area contributed by atoms with E-state index >= 15 is 0 Å². The number of likely N-dealkylation sites (tertiary alicyclic amines) is 1. The minimum Gasteiger partial charge on any atom is -0.466 e. The number of hydrogen-bond acceptors (Lipinski definition) is 6. The van der Waals surface area contributed by atoms with Gasteiger partial charge in [-0.15, -0.1) is 0 Å². The molecule has 2 N–H and O–H groups in total. The Morgan fingerprint density at radius 2 is 2.13 bits per heavy atom. The van der Waals surface area contributed by atoms with Crippen molar-refractivity contribution in [3.8, 4) is 11.3 Å². The van der Waals surface area contributed by atoms with Gasteiger partial charge in [0.1, 0.15) is 11.6 Å². The summed E-state index contributed by atoms with van der Waals surface area (Å²) in [5, 5.41) is 11.8. The molecule has 3 rings (SSSR count). The zero-order valence-corrected chi connectivity index (χ0v) is 15.9. The lowest BCUT2D eigenvalue weighted by molar-refractivity contribution is -0.150. The Balaban J connectivity index is 1.74. The van der Waals surface area contributed by atoms with Gasteiger partial charge in [0.05, 0.1) is 24.3 Å². The fourth-order valence-electron chi connectivity index (χ4n) is 3.21. The van der Waals surface area contributed by atoms with Gasteiger partial charge in [-0.05, 0) is 25.5 Å². The lowest BCUT2D eigenvalue weighted by Crippen LogP contribution is -2.55. The van der Waals surface area contributed by atoms with E-state index in [0.717, 1.165) is 23.2 Å². The fourth-order valence-corrected chi connectivity index (χ4v) is 3.21. The molecule has 1 aliphatic rings. The van der Waals surface area contributed by atoms with Gasteiger partial charge in [0.2, 0.25) is 0 Å². The summed E-state index contributed by atoms with van der Waals surface area (Å²) in [5.74, 6) is -4.37. The van der Waals surface area contributed by atoms with Crippen LogP contribution in [0, 0.1) is 17.6 Å². The highest BCUT2D eigenvalue weighted by molar-refractivity contribution is 5.91. The topological polar surface area (TPSA) is 122 Å². The average Bonchev–Trinajstić information content (AvgIpc) is 3.18. The van der Waals surface area contributed by atoms with E-state index in [1.807, 2.05) is 0 Å². The van der Waals surface area contributed by atoms with Crippen LogP contribution in [0.15, 0.2) is 28.8 Å². The molecule has 1 aromatic carbocycles. The molecule has 11 heteroatoms. The van der Waals surface area contributed by atoms with E-state index in [2.05, 4.69) is 10.3 Å². The van der Waals surface area contributed by atoms with Crippen molar-refractivity contribution < 1.29 is 37.4 Å². The zero-order valence-electron chi connectivity index (χ0n) is 15.9. The van der Waals surface area contributed by atoms with Gasteiger partial charge in [0, 0.05) is 25.2 Å². The fraction of sp³-hybridized carbons (Fsp3) is 0.368. The molecule has 0 aliphatic carbocycles. The Hall–Kier alpha value is -3.50. The van der Waals surface area contributed by atoms with Crippen LogP contribution >= 0.6 is 0 Å². The first kappa shape index (κ1) is 21.2. The third-order valence-corrected chi connectivity index (χ3v) is 4.69. The Morgan fingerprint density at radius 3 is 2.80 bits per heavy atom. The molecule has 9 nitrogen and oxygen atoms in total. The number of aromatic nitrogens is 1. The molecule has 0 bridgehead atoms. The van der Waals surface area contributed by atoms with Gasteiger partial charge in [-0.1, -0.05) is 0 Å².